The Hall–Kier alpha value is -2.58. The van der Waals surface area contributed by atoms with Crippen molar-refractivity contribution in [3.05, 3.63) is 64.8 Å². The van der Waals surface area contributed by atoms with E-state index in [9.17, 15) is 4.39 Å². The number of benzene rings is 1. The first kappa shape index (κ1) is 13.4. The van der Waals surface area contributed by atoms with Gasteiger partial charge in [0.1, 0.15) is 17.5 Å². The topological polar surface area (TPSA) is 53.1 Å². The van der Waals surface area contributed by atoms with Crippen LogP contribution in [-0.2, 0) is 6.54 Å². The highest BCUT2D eigenvalue weighted by Crippen LogP contribution is 2.17. The van der Waals surface area contributed by atoms with Crippen molar-refractivity contribution in [3.8, 4) is 6.07 Å². The Morgan fingerprint density at radius 2 is 2.14 bits per heavy atom. The molecular weight excluding hydrogens is 291 g/mol. The molecule has 4 nitrogen and oxygen atoms in total. The van der Waals surface area contributed by atoms with Gasteiger partial charge in [-0.15, -0.1) is 0 Å². The van der Waals surface area contributed by atoms with Crippen LogP contribution in [0, 0.1) is 17.1 Å². The van der Waals surface area contributed by atoms with E-state index in [0.717, 1.165) is 11.3 Å². The molecule has 3 rings (SSSR count). The lowest BCUT2D eigenvalue weighted by Crippen LogP contribution is -2.01. The minimum absolute atomic E-state index is 0.266. The van der Waals surface area contributed by atoms with Gasteiger partial charge in [0, 0.05) is 12.4 Å². The molecule has 2 heterocycles. The van der Waals surface area contributed by atoms with Crippen LogP contribution in [-0.4, -0.2) is 9.38 Å². The molecule has 6 heteroatoms. The Morgan fingerprint density at radius 3 is 2.95 bits per heavy atom. The van der Waals surface area contributed by atoms with Crippen LogP contribution in [0.1, 0.15) is 11.3 Å². The van der Waals surface area contributed by atoms with Crippen molar-refractivity contribution in [2.45, 2.75) is 6.54 Å². The molecule has 0 fully saturated rings. The Balaban J connectivity index is 1.82. The fourth-order valence-corrected chi connectivity index (χ4v) is 2.22. The molecule has 1 aromatic carbocycles. The summed E-state index contributed by atoms with van der Waals surface area (Å²) in [5.41, 5.74) is 2.43. The SMILES string of the molecule is N#Cc1cc(F)ccc1NCc1cn2cc(Cl)ccc2n1. The molecule has 3 aromatic rings. The van der Waals surface area contributed by atoms with E-state index in [4.69, 9.17) is 16.9 Å². The van der Waals surface area contributed by atoms with Gasteiger partial charge < -0.3 is 9.72 Å². The van der Waals surface area contributed by atoms with Gasteiger partial charge in [-0.25, -0.2) is 9.37 Å². The van der Waals surface area contributed by atoms with Crippen LogP contribution < -0.4 is 5.32 Å². The van der Waals surface area contributed by atoms with Crippen LogP contribution in [0.25, 0.3) is 5.65 Å². The number of rotatable bonds is 3. The van der Waals surface area contributed by atoms with Gasteiger partial charge in [0.25, 0.3) is 0 Å². The first-order valence-corrected chi connectivity index (χ1v) is 6.60. The van der Waals surface area contributed by atoms with Crippen molar-refractivity contribution in [1.29, 1.82) is 5.26 Å². The first-order chi connectivity index (χ1) is 10.2. The zero-order valence-corrected chi connectivity index (χ0v) is 11.6. The molecule has 0 aliphatic carbocycles. The van der Waals surface area contributed by atoms with Crippen molar-refractivity contribution in [2.24, 2.45) is 0 Å². The average Bonchev–Trinajstić information content (AvgIpc) is 2.87. The maximum atomic E-state index is 13.1. The lowest BCUT2D eigenvalue weighted by molar-refractivity contribution is 0.627. The Morgan fingerprint density at radius 1 is 1.29 bits per heavy atom. The van der Waals surface area contributed by atoms with E-state index in [1.54, 1.807) is 18.3 Å². The summed E-state index contributed by atoms with van der Waals surface area (Å²) in [5, 5.41) is 12.7. The summed E-state index contributed by atoms with van der Waals surface area (Å²) >= 11 is 5.92. The molecule has 0 aliphatic rings. The van der Waals surface area contributed by atoms with Crippen LogP contribution in [0.2, 0.25) is 5.02 Å². The second-order valence-corrected chi connectivity index (χ2v) is 4.94. The fraction of sp³-hybridized carbons (Fsp3) is 0.0667. The highest BCUT2D eigenvalue weighted by Gasteiger charge is 2.06. The Bertz CT molecular complexity index is 850. The third-order valence-electron chi connectivity index (χ3n) is 3.03. The van der Waals surface area contributed by atoms with Crippen molar-refractivity contribution < 1.29 is 4.39 Å². The predicted molar refractivity (Wildman–Crippen MR) is 78.6 cm³/mol. The summed E-state index contributed by atoms with van der Waals surface area (Å²) in [7, 11) is 0. The van der Waals surface area contributed by atoms with E-state index in [1.165, 1.54) is 12.1 Å². The van der Waals surface area contributed by atoms with Crippen molar-refractivity contribution in [2.75, 3.05) is 5.32 Å². The van der Waals surface area contributed by atoms with Crippen LogP contribution in [0.5, 0.6) is 0 Å². The summed E-state index contributed by atoms with van der Waals surface area (Å²) in [6.45, 7) is 0.430. The number of nitrogens with zero attached hydrogens (tertiary/aromatic N) is 3. The molecule has 0 radical (unpaired) electrons. The lowest BCUT2D eigenvalue weighted by Gasteiger charge is -2.06. The number of nitriles is 1. The summed E-state index contributed by atoms with van der Waals surface area (Å²) < 4.78 is 14.9. The monoisotopic (exact) mass is 300 g/mol. The van der Waals surface area contributed by atoms with Gasteiger partial charge >= 0.3 is 0 Å². The largest absolute Gasteiger partial charge is 0.378 e. The van der Waals surface area contributed by atoms with Gasteiger partial charge in [-0.1, -0.05) is 11.6 Å². The van der Waals surface area contributed by atoms with Gasteiger partial charge in [-0.05, 0) is 30.3 Å². The van der Waals surface area contributed by atoms with Crippen LogP contribution in [0.3, 0.4) is 0 Å². The number of hydrogen-bond donors (Lipinski definition) is 1. The minimum atomic E-state index is -0.431. The molecule has 2 aromatic heterocycles. The zero-order chi connectivity index (χ0) is 14.8. The van der Waals surface area contributed by atoms with Crippen molar-refractivity contribution in [1.82, 2.24) is 9.38 Å². The maximum absolute atomic E-state index is 13.1. The molecule has 1 N–H and O–H groups in total. The Kier molecular flexibility index (Phi) is 3.46. The first-order valence-electron chi connectivity index (χ1n) is 6.22. The van der Waals surface area contributed by atoms with Gasteiger partial charge in [0.2, 0.25) is 0 Å². The van der Waals surface area contributed by atoms with Gasteiger partial charge in [0.15, 0.2) is 0 Å². The number of fused-ring (bicyclic) bond motifs is 1. The Labute approximate surface area is 125 Å². The number of imidazole rings is 1. The highest BCUT2D eigenvalue weighted by atomic mass is 35.5. The third kappa shape index (κ3) is 2.81. The third-order valence-corrected chi connectivity index (χ3v) is 3.25. The maximum Gasteiger partial charge on any atom is 0.137 e. The molecule has 0 saturated heterocycles. The molecule has 0 spiro atoms. The fourth-order valence-electron chi connectivity index (χ4n) is 2.05. The minimum Gasteiger partial charge on any atom is -0.378 e. The van der Waals surface area contributed by atoms with E-state index in [-0.39, 0.29) is 5.56 Å². The van der Waals surface area contributed by atoms with Gasteiger partial charge in [0.05, 0.1) is 28.5 Å². The zero-order valence-electron chi connectivity index (χ0n) is 10.8. The molecular formula is C15H10ClFN4. The molecule has 0 atom stereocenters. The van der Waals surface area contributed by atoms with Gasteiger partial charge in [-0.3, -0.25) is 0 Å². The normalized spacial score (nSPS) is 10.5. The molecule has 0 bridgehead atoms. The second-order valence-electron chi connectivity index (χ2n) is 4.50. The predicted octanol–water partition coefficient (Wildman–Crippen LogP) is 3.61. The summed E-state index contributed by atoms with van der Waals surface area (Å²) in [6, 6.07) is 9.61. The summed E-state index contributed by atoms with van der Waals surface area (Å²) in [5.74, 6) is -0.431. The van der Waals surface area contributed by atoms with Gasteiger partial charge in [-0.2, -0.15) is 5.26 Å². The van der Waals surface area contributed by atoms with E-state index in [1.807, 2.05) is 22.7 Å². The number of anilines is 1. The van der Waals surface area contributed by atoms with E-state index < -0.39 is 5.82 Å². The van der Waals surface area contributed by atoms with E-state index in [0.29, 0.717) is 17.3 Å². The lowest BCUT2D eigenvalue weighted by atomic mass is 10.2. The number of pyridine rings is 1. The summed E-state index contributed by atoms with van der Waals surface area (Å²) in [6.07, 6.45) is 3.62. The molecule has 21 heavy (non-hydrogen) atoms. The van der Waals surface area contributed by atoms with E-state index in [2.05, 4.69) is 10.3 Å². The number of halogens is 2. The smallest absolute Gasteiger partial charge is 0.137 e. The molecule has 0 amide bonds. The molecule has 0 saturated carbocycles. The second kappa shape index (κ2) is 5.43. The highest BCUT2D eigenvalue weighted by molar-refractivity contribution is 6.30. The molecule has 0 unspecified atom stereocenters. The van der Waals surface area contributed by atoms with Crippen LogP contribution >= 0.6 is 11.6 Å². The summed E-state index contributed by atoms with van der Waals surface area (Å²) in [4.78, 5) is 4.43. The average molecular weight is 301 g/mol. The standard InChI is InChI=1S/C15H10ClFN4/c16-11-1-4-15-20-13(9-21(15)8-11)7-19-14-3-2-12(17)5-10(14)6-18/h1-5,8-9,19H,7H2. The van der Waals surface area contributed by atoms with Crippen molar-refractivity contribution >= 4 is 22.9 Å². The van der Waals surface area contributed by atoms with E-state index >= 15 is 0 Å². The molecule has 0 aliphatic heterocycles. The van der Waals surface area contributed by atoms with Crippen LogP contribution in [0.4, 0.5) is 10.1 Å². The van der Waals surface area contributed by atoms with Crippen LogP contribution in [0.15, 0.2) is 42.7 Å². The number of aromatic nitrogens is 2. The van der Waals surface area contributed by atoms with Crippen molar-refractivity contribution in [3.63, 3.8) is 0 Å². The quantitative estimate of drug-likeness (QED) is 0.804. The number of hydrogen-bond acceptors (Lipinski definition) is 3. The molecule has 104 valence electrons. The number of nitrogens with one attached hydrogen (secondary N) is 1.